The molecule has 35 heavy (non-hydrogen) atoms. The fourth-order valence-corrected chi connectivity index (χ4v) is 5.78. The lowest BCUT2D eigenvalue weighted by Gasteiger charge is -2.13. The smallest absolute Gasteiger partial charge is 0.262 e. The summed E-state index contributed by atoms with van der Waals surface area (Å²) in [5, 5.41) is 7.61. The molecule has 0 saturated carbocycles. The largest absolute Gasteiger partial charge is 0.483 e. The second-order valence-electron chi connectivity index (χ2n) is 8.44. The number of aromatic nitrogens is 1. The van der Waals surface area contributed by atoms with Crippen LogP contribution in [0.5, 0.6) is 5.75 Å². The maximum absolute atomic E-state index is 12.7. The van der Waals surface area contributed by atoms with Crippen molar-refractivity contribution in [3.8, 4) is 5.75 Å². The van der Waals surface area contributed by atoms with Gasteiger partial charge in [0.1, 0.15) is 10.8 Å². The maximum Gasteiger partial charge on any atom is 0.262 e. The van der Waals surface area contributed by atoms with Crippen LogP contribution in [0.1, 0.15) is 32.8 Å². The molecule has 5 rings (SSSR count). The van der Waals surface area contributed by atoms with Crippen molar-refractivity contribution in [2.75, 3.05) is 23.8 Å². The van der Waals surface area contributed by atoms with E-state index in [9.17, 15) is 9.59 Å². The molecule has 178 valence electrons. The molecule has 1 aliphatic rings. The number of hydrogen-bond acceptors (Lipinski definition) is 6. The standard InChI is InChI=1S/C27H26N4O3S/c28-26(33)24-19-9-5-11-22(19)35-27(24)31-23(32)16-34-21-13-15-30-25-18(21)8-4-10-20(25)29-14-12-17-6-2-1-3-7-17/h1-4,6-8,10,13,15,29H,5,9,11-12,14,16H2,(H2,28,33)(H,31,32). The SMILES string of the molecule is NC(=O)c1c(NC(=O)COc2ccnc3c(NCCc4ccccc4)cccc23)sc2c1CCC2. The van der Waals surface area contributed by atoms with Gasteiger partial charge in [-0.3, -0.25) is 14.6 Å². The minimum atomic E-state index is -0.506. The number of anilines is 2. The van der Waals surface area contributed by atoms with E-state index in [4.69, 9.17) is 10.5 Å². The van der Waals surface area contributed by atoms with E-state index in [2.05, 4.69) is 27.8 Å². The minimum absolute atomic E-state index is 0.189. The Morgan fingerprint density at radius 3 is 2.74 bits per heavy atom. The topological polar surface area (TPSA) is 106 Å². The first-order chi connectivity index (χ1) is 17.1. The van der Waals surface area contributed by atoms with Crippen LogP contribution in [0.2, 0.25) is 0 Å². The summed E-state index contributed by atoms with van der Waals surface area (Å²) in [7, 11) is 0. The Bertz CT molecular complexity index is 1380. The normalized spacial score (nSPS) is 12.3. The van der Waals surface area contributed by atoms with E-state index in [-0.39, 0.29) is 12.5 Å². The van der Waals surface area contributed by atoms with Crippen LogP contribution in [-0.2, 0) is 24.1 Å². The van der Waals surface area contributed by atoms with Gasteiger partial charge in [0.25, 0.3) is 11.8 Å². The molecule has 0 unspecified atom stereocenters. The number of nitrogens with zero attached hydrogens (tertiary/aromatic N) is 1. The summed E-state index contributed by atoms with van der Waals surface area (Å²) < 4.78 is 5.87. The lowest BCUT2D eigenvalue weighted by Crippen LogP contribution is -2.22. The quantitative estimate of drug-likeness (QED) is 0.322. The number of amides is 2. The molecule has 7 nitrogen and oxygen atoms in total. The number of para-hydroxylation sites is 1. The molecule has 0 spiro atoms. The van der Waals surface area contributed by atoms with E-state index in [0.717, 1.165) is 59.3 Å². The molecule has 8 heteroatoms. The fourth-order valence-electron chi connectivity index (χ4n) is 4.46. The zero-order valence-electron chi connectivity index (χ0n) is 19.2. The van der Waals surface area contributed by atoms with E-state index in [1.165, 1.54) is 16.9 Å². The van der Waals surface area contributed by atoms with Gasteiger partial charge in [-0.15, -0.1) is 11.3 Å². The molecule has 0 bridgehead atoms. The highest BCUT2D eigenvalue weighted by molar-refractivity contribution is 7.17. The lowest BCUT2D eigenvalue weighted by molar-refractivity contribution is -0.118. The van der Waals surface area contributed by atoms with Gasteiger partial charge in [0.2, 0.25) is 0 Å². The number of hydrogen-bond donors (Lipinski definition) is 3. The minimum Gasteiger partial charge on any atom is -0.483 e. The highest BCUT2D eigenvalue weighted by atomic mass is 32.1. The van der Waals surface area contributed by atoms with Gasteiger partial charge in [-0.05, 0) is 55.0 Å². The Labute approximate surface area is 207 Å². The molecule has 0 atom stereocenters. The van der Waals surface area contributed by atoms with Crippen LogP contribution in [0.4, 0.5) is 10.7 Å². The number of nitrogens with two attached hydrogens (primary N) is 1. The highest BCUT2D eigenvalue weighted by Gasteiger charge is 2.26. The van der Waals surface area contributed by atoms with E-state index in [1.54, 1.807) is 12.3 Å². The Balaban J connectivity index is 1.26. The van der Waals surface area contributed by atoms with Gasteiger partial charge in [0, 0.05) is 23.0 Å². The Hall–Kier alpha value is -3.91. The van der Waals surface area contributed by atoms with Crippen LogP contribution in [0, 0.1) is 0 Å². The zero-order chi connectivity index (χ0) is 24.2. The third-order valence-electron chi connectivity index (χ3n) is 6.08. The molecule has 0 fully saturated rings. The molecule has 4 N–H and O–H groups in total. The van der Waals surface area contributed by atoms with Gasteiger partial charge in [-0.2, -0.15) is 0 Å². The number of rotatable bonds is 9. The lowest BCUT2D eigenvalue weighted by atomic mass is 10.1. The van der Waals surface area contributed by atoms with Crippen molar-refractivity contribution >= 4 is 44.7 Å². The van der Waals surface area contributed by atoms with Crippen molar-refractivity contribution in [3.05, 3.63) is 82.4 Å². The number of carbonyl (C=O) groups is 2. The van der Waals surface area contributed by atoms with Crippen molar-refractivity contribution in [2.24, 2.45) is 5.73 Å². The van der Waals surface area contributed by atoms with Crippen LogP contribution in [0.15, 0.2) is 60.8 Å². The van der Waals surface area contributed by atoms with Crippen molar-refractivity contribution in [2.45, 2.75) is 25.7 Å². The summed E-state index contributed by atoms with van der Waals surface area (Å²) in [6, 6.07) is 17.9. The van der Waals surface area contributed by atoms with E-state index in [1.807, 2.05) is 36.4 Å². The van der Waals surface area contributed by atoms with E-state index < -0.39 is 5.91 Å². The molecule has 2 heterocycles. The first-order valence-electron chi connectivity index (χ1n) is 11.6. The van der Waals surface area contributed by atoms with Gasteiger partial charge >= 0.3 is 0 Å². The average Bonchev–Trinajstić information content (AvgIpc) is 3.44. The first kappa shape index (κ1) is 22.9. The zero-order valence-corrected chi connectivity index (χ0v) is 20.0. The number of pyridine rings is 1. The first-order valence-corrected chi connectivity index (χ1v) is 12.4. The number of fused-ring (bicyclic) bond motifs is 2. The number of ether oxygens (including phenoxy) is 1. The number of carbonyl (C=O) groups excluding carboxylic acids is 2. The third-order valence-corrected chi connectivity index (χ3v) is 7.29. The number of nitrogens with one attached hydrogen (secondary N) is 2. The summed E-state index contributed by atoms with van der Waals surface area (Å²) in [5.74, 6) is -0.275. The Kier molecular flexibility index (Phi) is 6.63. The molecule has 0 saturated heterocycles. The summed E-state index contributed by atoms with van der Waals surface area (Å²) in [4.78, 5) is 30.3. The number of thiophene rings is 1. The van der Waals surface area contributed by atoms with Gasteiger partial charge in [-0.1, -0.05) is 36.4 Å². The van der Waals surface area contributed by atoms with Crippen LogP contribution >= 0.6 is 11.3 Å². The molecule has 2 aromatic heterocycles. The molecular formula is C27H26N4O3S. The molecule has 2 amide bonds. The number of benzene rings is 2. The second kappa shape index (κ2) is 10.1. The predicted octanol–water partition coefficient (Wildman–Crippen LogP) is 4.56. The highest BCUT2D eigenvalue weighted by Crippen LogP contribution is 2.38. The van der Waals surface area contributed by atoms with Crippen molar-refractivity contribution in [1.29, 1.82) is 0 Å². The van der Waals surface area contributed by atoms with Gasteiger partial charge < -0.3 is 21.1 Å². The van der Waals surface area contributed by atoms with Gasteiger partial charge in [-0.25, -0.2) is 0 Å². The fraction of sp³-hybridized carbons (Fsp3) is 0.222. The predicted molar refractivity (Wildman–Crippen MR) is 139 cm³/mol. The van der Waals surface area contributed by atoms with E-state index in [0.29, 0.717) is 16.3 Å². The monoisotopic (exact) mass is 486 g/mol. The second-order valence-corrected chi connectivity index (χ2v) is 9.54. The third kappa shape index (κ3) is 4.97. The summed E-state index contributed by atoms with van der Waals surface area (Å²) >= 11 is 1.43. The molecule has 2 aromatic carbocycles. The number of aryl methyl sites for hydroxylation is 1. The average molecular weight is 487 g/mol. The van der Waals surface area contributed by atoms with E-state index >= 15 is 0 Å². The Morgan fingerprint density at radius 1 is 1.06 bits per heavy atom. The van der Waals surface area contributed by atoms with Crippen molar-refractivity contribution < 1.29 is 14.3 Å². The maximum atomic E-state index is 12.7. The van der Waals surface area contributed by atoms with Crippen LogP contribution in [-0.4, -0.2) is 29.9 Å². The Morgan fingerprint density at radius 2 is 1.91 bits per heavy atom. The number of primary amides is 1. The molecule has 1 aliphatic carbocycles. The summed E-state index contributed by atoms with van der Waals surface area (Å²) in [6.45, 7) is 0.580. The summed E-state index contributed by atoms with van der Waals surface area (Å²) in [6.07, 6.45) is 5.32. The van der Waals surface area contributed by atoms with Gasteiger partial charge in [0.15, 0.2) is 6.61 Å². The van der Waals surface area contributed by atoms with Crippen molar-refractivity contribution in [1.82, 2.24) is 4.98 Å². The van der Waals surface area contributed by atoms with Crippen LogP contribution < -0.4 is 21.1 Å². The van der Waals surface area contributed by atoms with Gasteiger partial charge in [0.05, 0.1) is 16.8 Å². The molecular weight excluding hydrogens is 460 g/mol. The molecule has 0 aliphatic heterocycles. The molecule has 4 aromatic rings. The molecule has 0 radical (unpaired) electrons. The summed E-state index contributed by atoms with van der Waals surface area (Å²) in [5.41, 5.74) is 9.96. The van der Waals surface area contributed by atoms with Crippen molar-refractivity contribution in [3.63, 3.8) is 0 Å². The van der Waals surface area contributed by atoms with Crippen LogP contribution in [0.25, 0.3) is 10.9 Å². The van der Waals surface area contributed by atoms with Crippen LogP contribution in [0.3, 0.4) is 0 Å².